The van der Waals surface area contributed by atoms with Gasteiger partial charge in [0, 0.05) is 23.2 Å². The summed E-state index contributed by atoms with van der Waals surface area (Å²) in [4.78, 5) is 26.3. The van der Waals surface area contributed by atoms with Gasteiger partial charge in [-0.25, -0.2) is 4.79 Å². The van der Waals surface area contributed by atoms with Gasteiger partial charge in [0.25, 0.3) is 0 Å². The van der Waals surface area contributed by atoms with Gasteiger partial charge >= 0.3 is 6.03 Å². The molecule has 3 amide bonds. The van der Waals surface area contributed by atoms with Crippen molar-refractivity contribution in [1.29, 1.82) is 0 Å². The molecule has 0 unspecified atom stereocenters. The second-order valence-electron chi connectivity index (χ2n) is 7.65. The average Bonchev–Trinajstić information content (AvgIpc) is 2.70. The van der Waals surface area contributed by atoms with E-state index >= 15 is 0 Å². The van der Waals surface area contributed by atoms with Crippen LogP contribution >= 0.6 is 0 Å². The van der Waals surface area contributed by atoms with E-state index in [1.807, 2.05) is 25.1 Å². The van der Waals surface area contributed by atoms with Crippen LogP contribution in [0, 0.1) is 6.92 Å². The zero-order chi connectivity index (χ0) is 20.1. The highest BCUT2D eigenvalue weighted by Crippen LogP contribution is 2.34. The van der Waals surface area contributed by atoms with E-state index < -0.39 is 5.91 Å². The highest BCUT2D eigenvalue weighted by atomic mass is 16.2. The summed E-state index contributed by atoms with van der Waals surface area (Å²) < 4.78 is 0. The molecule has 2 aromatic rings. The molecule has 4 N–H and O–H groups in total. The van der Waals surface area contributed by atoms with Crippen molar-refractivity contribution < 1.29 is 9.59 Å². The fraction of sp³-hybridized carbons (Fsp3) is 0.364. The summed E-state index contributed by atoms with van der Waals surface area (Å²) >= 11 is 0. The molecule has 0 bridgehead atoms. The molecule has 1 aliphatic rings. The summed E-state index contributed by atoms with van der Waals surface area (Å²) in [6, 6.07) is 15.2. The molecule has 6 nitrogen and oxygen atoms in total. The lowest BCUT2D eigenvalue weighted by atomic mass is 9.72. The van der Waals surface area contributed by atoms with Gasteiger partial charge < -0.3 is 21.3 Å². The molecule has 0 aliphatic carbocycles. The van der Waals surface area contributed by atoms with Crippen molar-refractivity contribution in [3.8, 4) is 0 Å². The Labute approximate surface area is 166 Å². The molecule has 1 heterocycles. The van der Waals surface area contributed by atoms with Crippen molar-refractivity contribution in [1.82, 2.24) is 10.2 Å². The van der Waals surface area contributed by atoms with Gasteiger partial charge in [-0.1, -0.05) is 36.4 Å². The minimum absolute atomic E-state index is 0.0742. The summed E-state index contributed by atoms with van der Waals surface area (Å²) in [6.45, 7) is 4.43. The molecule has 28 heavy (non-hydrogen) atoms. The lowest BCUT2D eigenvalue weighted by molar-refractivity contribution is 0.1000. The van der Waals surface area contributed by atoms with Gasteiger partial charge in [0.05, 0.1) is 0 Å². The molecule has 1 saturated heterocycles. The number of anilines is 1. The lowest BCUT2D eigenvalue weighted by Gasteiger charge is -2.41. The van der Waals surface area contributed by atoms with Crippen LogP contribution in [-0.2, 0) is 5.41 Å². The number of benzene rings is 2. The molecule has 0 atom stereocenters. The molecule has 6 heteroatoms. The Bertz CT molecular complexity index is 843. The minimum Gasteiger partial charge on any atom is -0.366 e. The Morgan fingerprint density at radius 1 is 1.11 bits per heavy atom. The Hall–Kier alpha value is -2.86. The predicted octanol–water partition coefficient (Wildman–Crippen LogP) is 2.88. The molecular formula is C22H28N4O2. The van der Waals surface area contributed by atoms with Crippen molar-refractivity contribution in [2.75, 3.05) is 32.0 Å². The van der Waals surface area contributed by atoms with E-state index in [1.54, 1.807) is 18.2 Å². The molecule has 148 valence electrons. The summed E-state index contributed by atoms with van der Waals surface area (Å²) in [7, 11) is 2.13. The van der Waals surface area contributed by atoms with Gasteiger partial charge in [-0.05, 0) is 63.2 Å². The Balaban J connectivity index is 1.71. The third-order valence-corrected chi connectivity index (χ3v) is 5.69. The maximum Gasteiger partial charge on any atom is 0.319 e. The first-order valence-corrected chi connectivity index (χ1v) is 9.59. The molecule has 3 rings (SSSR count). The van der Waals surface area contributed by atoms with Crippen LogP contribution in [0.25, 0.3) is 0 Å². The second-order valence-corrected chi connectivity index (χ2v) is 7.65. The van der Waals surface area contributed by atoms with Crippen molar-refractivity contribution >= 4 is 17.6 Å². The van der Waals surface area contributed by atoms with Gasteiger partial charge in [0.2, 0.25) is 5.91 Å². The maximum atomic E-state index is 12.6. The fourth-order valence-corrected chi connectivity index (χ4v) is 3.73. The average molecular weight is 380 g/mol. The van der Waals surface area contributed by atoms with E-state index in [2.05, 4.69) is 34.7 Å². The molecule has 0 aromatic heterocycles. The third kappa shape index (κ3) is 4.51. The topological polar surface area (TPSA) is 87.5 Å². The first-order valence-electron chi connectivity index (χ1n) is 9.59. The molecule has 1 aliphatic heterocycles. The van der Waals surface area contributed by atoms with Gasteiger partial charge in [0.15, 0.2) is 0 Å². The fourth-order valence-electron chi connectivity index (χ4n) is 3.73. The number of carbonyl (C=O) groups is 2. The molecule has 0 saturated carbocycles. The third-order valence-electron chi connectivity index (χ3n) is 5.69. The van der Waals surface area contributed by atoms with E-state index in [0.29, 0.717) is 17.8 Å². The van der Waals surface area contributed by atoms with Crippen molar-refractivity contribution in [3.63, 3.8) is 0 Å². The van der Waals surface area contributed by atoms with Crippen LogP contribution in [0.2, 0.25) is 0 Å². The van der Waals surface area contributed by atoms with Gasteiger partial charge in [-0.3, -0.25) is 4.79 Å². The van der Waals surface area contributed by atoms with E-state index in [4.69, 9.17) is 5.73 Å². The van der Waals surface area contributed by atoms with Crippen LogP contribution in [0.1, 0.15) is 34.3 Å². The molecule has 1 fully saturated rings. The van der Waals surface area contributed by atoms with Crippen LogP contribution in [0.3, 0.4) is 0 Å². The van der Waals surface area contributed by atoms with E-state index in [0.717, 1.165) is 31.5 Å². The first-order chi connectivity index (χ1) is 13.4. The van der Waals surface area contributed by atoms with Crippen LogP contribution in [0.5, 0.6) is 0 Å². The molecule has 0 radical (unpaired) electrons. The van der Waals surface area contributed by atoms with E-state index in [-0.39, 0.29) is 11.4 Å². The Morgan fingerprint density at radius 3 is 2.43 bits per heavy atom. The number of amides is 3. The quantitative estimate of drug-likeness (QED) is 0.745. The Morgan fingerprint density at radius 2 is 1.79 bits per heavy atom. The highest BCUT2D eigenvalue weighted by molar-refractivity contribution is 5.96. The largest absolute Gasteiger partial charge is 0.366 e. The van der Waals surface area contributed by atoms with Crippen LogP contribution in [0.15, 0.2) is 48.5 Å². The maximum absolute atomic E-state index is 12.6. The molecular weight excluding hydrogens is 352 g/mol. The van der Waals surface area contributed by atoms with Crippen molar-refractivity contribution in [2.45, 2.75) is 25.2 Å². The van der Waals surface area contributed by atoms with Gasteiger partial charge in [-0.2, -0.15) is 0 Å². The number of nitrogens with two attached hydrogens (primary N) is 1. The lowest BCUT2D eigenvalue weighted by Crippen LogP contribution is -2.48. The van der Waals surface area contributed by atoms with Gasteiger partial charge in [0.1, 0.15) is 0 Å². The van der Waals surface area contributed by atoms with Crippen LogP contribution in [0.4, 0.5) is 10.5 Å². The van der Waals surface area contributed by atoms with E-state index in [9.17, 15) is 9.59 Å². The number of rotatable bonds is 5. The number of aryl methyl sites for hydroxylation is 1. The van der Waals surface area contributed by atoms with Crippen molar-refractivity contribution in [3.05, 3.63) is 65.2 Å². The zero-order valence-corrected chi connectivity index (χ0v) is 16.5. The first kappa shape index (κ1) is 19.9. The number of hydrogen-bond donors (Lipinski definition) is 3. The Kier molecular flexibility index (Phi) is 5.99. The van der Waals surface area contributed by atoms with Crippen LogP contribution < -0.4 is 16.4 Å². The van der Waals surface area contributed by atoms with Gasteiger partial charge in [-0.15, -0.1) is 0 Å². The zero-order valence-electron chi connectivity index (χ0n) is 16.5. The number of nitrogens with one attached hydrogen (secondary N) is 2. The smallest absolute Gasteiger partial charge is 0.319 e. The van der Waals surface area contributed by atoms with Crippen molar-refractivity contribution in [2.24, 2.45) is 5.73 Å². The molecule has 2 aromatic carbocycles. The summed E-state index contributed by atoms with van der Waals surface area (Å²) in [5.74, 6) is -0.516. The molecule has 0 spiro atoms. The van der Waals surface area contributed by atoms with E-state index in [1.165, 1.54) is 5.56 Å². The minimum atomic E-state index is -0.516. The number of carbonyl (C=O) groups excluding carboxylic acids is 2. The highest BCUT2D eigenvalue weighted by Gasteiger charge is 2.35. The number of primary amides is 1. The number of hydrogen-bond acceptors (Lipinski definition) is 3. The standard InChI is InChI=1S/C22H28N4O2/c1-16-8-9-17(20(23)27)14-19(16)25-21(28)24-15-22(10-12-26(2)13-11-22)18-6-4-3-5-7-18/h3-9,14H,10-13,15H2,1-2H3,(H2,23,27)(H2,24,25,28). The summed E-state index contributed by atoms with van der Waals surface area (Å²) in [5.41, 5.74) is 8.36. The predicted molar refractivity (Wildman–Crippen MR) is 112 cm³/mol. The van der Waals surface area contributed by atoms with Crippen LogP contribution in [-0.4, -0.2) is 43.5 Å². The normalized spacial score (nSPS) is 16.4. The number of piperidine rings is 1. The number of urea groups is 1. The summed E-state index contributed by atoms with van der Waals surface area (Å²) in [5, 5.41) is 5.90. The summed E-state index contributed by atoms with van der Waals surface area (Å²) in [6.07, 6.45) is 1.98. The second kappa shape index (κ2) is 8.44. The number of nitrogens with zero attached hydrogens (tertiary/aromatic N) is 1. The number of likely N-dealkylation sites (tertiary alicyclic amines) is 1. The SMILES string of the molecule is Cc1ccc(C(N)=O)cc1NC(=O)NCC1(c2ccccc2)CCN(C)CC1. The monoisotopic (exact) mass is 380 g/mol.